The van der Waals surface area contributed by atoms with E-state index in [2.05, 4.69) is 15.9 Å². The SMILES string of the molecule is COc1ccc(COc2cc(Br)c(C=O)cc2C)cc1. The fourth-order valence-electron chi connectivity index (χ4n) is 1.81. The lowest BCUT2D eigenvalue weighted by Gasteiger charge is -2.11. The van der Waals surface area contributed by atoms with Crippen LogP contribution in [0.3, 0.4) is 0 Å². The first-order valence-electron chi connectivity index (χ1n) is 6.15. The molecule has 2 aromatic carbocycles. The average molecular weight is 335 g/mol. The van der Waals surface area contributed by atoms with Crippen LogP contribution in [0.5, 0.6) is 11.5 Å². The molecule has 0 amide bonds. The van der Waals surface area contributed by atoms with Crippen molar-refractivity contribution in [1.29, 1.82) is 0 Å². The summed E-state index contributed by atoms with van der Waals surface area (Å²) in [6.45, 7) is 2.39. The molecule has 0 unspecified atom stereocenters. The fraction of sp³-hybridized carbons (Fsp3) is 0.188. The molecular formula is C16H15BrO3. The maximum absolute atomic E-state index is 10.8. The lowest BCUT2D eigenvalue weighted by atomic mass is 10.1. The molecule has 0 N–H and O–H groups in total. The van der Waals surface area contributed by atoms with Crippen LogP contribution in [-0.2, 0) is 6.61 Å². The standard InChI is InChI=1S/C16H15BrO3/c1-11-7-13(9-18)15(17)8-16(11)20-10-12-3-5-14(19-2)6-4-12/h3-9H,10H2,1-2H3. The van der Waals surface area contributed by atoms with Crippen LogP contribution in [0, 0.1) is 6.92 Å². The lowest BCUT2D eigenvalue weighted by molar-refractivity contribution is 0.112. The second kappa shape index (κ2) is 6.57. The van der Waals surface area contributed by atoms with Crippen molar-refractivity contribution in [2.24, 2.45) is 0 Å². The summed E-state index contributed by atoms with van der Waals surface area (Å²) < 4.78 is 11.6. The minimum Gasteiger partial charge on any atom is -0.497 e. The predicted molar refractivity (Wildman–Crippen MR) is 81.6 cm³/mol. The topological polar surface area (TPSA) is 35.5 Å². The largest absolute Gasteiger partial charge is 0.497 e. The molecule has 0 aliphatic carbocycles. The molecule has 20 heavy (non-hydrogen) atoms. The molecule has 0 spiro atoms. The molecule has 2 aromatic rings. The Morgan fingerprint density at radius 2 is 1.90 bits per heavy atom. The minimum atomic E-state index is 0.470. The normalized spacial score (nSPS) is 10.2. The first-order chi connectivity index (χ1) is 9.63. The van der Waals surface area contributed by atoms with Gasteiger partial charge in [-0.2, -0.15) is 0 Å². The fourth-order valence-corrected chi connectivity index (χ4v) is 2.23. The van der Waals surface area contributed by atoms with Crippen LogP contribution in [0.2, 0.25) is 0 Å². The number of aryl methyl sites for hydroxylation is 1. The number of hydrogen-bond acceptors (Lipinski definition) is 3. The second-order valence-electron chi connectivity index (χ2n) is 4.39. The quantitative estimate of drug-likeness (QED) is 0.770. The molecule has 0 heterocycles. The Morgan fingerprint density at radius 1 is 1.20 bits per heavy atom. The summed E-state index contributed by atoms with van der Waals surface area (Å²) in [4.78, 5) is 10.8. The highest BCUT2D eigenvalue weighted by atomic mass is 79.9. The van der Waals surface area contributed by atoms with E-state index in [1.807, 2.05) is 37.3 Å². The van der Waals surface area contributed by atoms with Crippen LogP contribution in [0.15, 0.2) is 40.9 Å². The summed E-state index contributed by atoms with van der Waals surface area (Å²) >= 11 is 3.36. The van der Waals surface area contributed by atoms with Gasteiger partial charge in [-0.3, -0.25) is 4.79 Å². The first kappa shape index (κ1) is 14.6. The zero-order valence-electron chi connectivity index (χ0n) is 11.4. The van der Waals surface area contributed by atoms with Gasteiger partial charge in [0.1, 0.15) is 18.1 Å². The molecule has 0 fully saturated rings. The maximum Gasteiger partial charge on any atom is 0.151 e. The number of halogens is 1. The van der Waals surface area contributed by atoms with Crippen molar-refractivity contribution in [3.63, 3.8) is 0 Å². The smallest absolute Gasteiger partial charge is 0.151 e. The Morgan fingerprint density at radius 3 is 2.50 bits per heavy atom. The lowest BCUT2D eigenvalue weighted by Crippen LogP contribution is -1.98. The average Bonchev–Trinajstić information content (AvgIpc) is 2.48. The molecule has 0 saturated carbocycles. The van der Waals surface area contributed by atoms with Crippen molar-refractivity contribution in [1.82, 2.24) is 0 Å². The van der Waals surface area contributed by atoms with E-state index in [0.29, 0.717) is 12.2 Å². The highest BCUT2D eigenvalue weighted by Gasteiger charge is 2.06. The molecule has 0 aromatic heterocycles. The number of ether oxygens (including phenoxy) is 2. The highest BCUT2D eigenvalue weighted by molar-refractivity contribution is 9.10. The number of carbonyl (C=O) groups is 1. The monoisotopic (exact) mass is 334 g/mol. The van der Waals surface area contributed by atoms with Gasteiger partial charge in [-0.05, 0) is 58.2 Å². The van der Waals surface area contributed by atoms with Crippen LogP contribution in [0.4, 0.5) is 0 Å². The van der Waals surface area contributed by atoms with Crippen molar-refractivity contribution in [2.75, 3.05) is 7.11 Å². The molecule has 4 heteroatoms. The molecule has 2 rings (SSSR count). The number of hydrogen-bond donors (Lipinski definition) is 0. The van der Waals surface area contributed by atoms with Gasteiger partial charge in [-0.25, -0.2) is 0 Å². The Bertz CT molecular complexity index is 606. The Kier molecular flexibility index (Phi) is 4.79. The third-order valence-corrected chi connectivity index (χ3v) is 3.66. The molecular weight excluding hydrogens is 320 g/mol. The predicted octanol–water partition coefficient (Wildman–Crippen LogP) is 4.16. The van der Waals surface area contributed by atoms with Crippen molar-refractivity contribution >= 4 is 22.2 Å². The summed E-state index contributed by atoms with van der Waals surface area (Å²) in [5, 5.41) is 0. The first-order valence-corrected chi connectivity index (χ1v) is 6.94. The summed E-state index contributed by atoms with van der Waals surface area (Å²) in [5.41, 5.74) is 2.61. The molecule has 0 bridgehead atoms. The summed E-state index contributed by atoms with van der Waals surface area (Å²) in [5.74, 6) is 1.58. The van der Waals surface area contributed by atoms with Crippen LogP contribution < -0.4 is 9.47 Å². The molecule has 0 aliphatic heterocycles. The van der Waals surface area contributed by atoms with Crippen molar-refractivity contribution in [3.8, 4) is 11.5 Å². The Balaban J connectivity index is 2.10. The van der Waals surface area contributed by atoms with Crippen molar-refractivity contribution < 1.29 is 14.3 Å². The summed E-state index contributed by atoms with van der Waals surface area (Å²) in [7, 11) is 1.64. The van der Waals surface area contributed by atoms with E-state index in [4.69, 9.17) is 9.47 Å². The molecule has 3 nitrogen and oxygen atoms in total. The molecule has 0 atom stereocenters. The molecule has 0 aliphatic rings. The Labute approximate surface area is 126 Å². The third kappa shape index (κ3) is 3.39. The minimum absolute atomic E-state index is 0.470. The zero-order chi connectivity index (χ0) is 14.5. The second-order valence-corrected chi connectivity index (χ2v) is 5.25. The molecule has 0 radical (unpaired) electrons. The molecule has 104 valence electrons. The van der Waals surface area contributed by atoms with Gasteiger partial charge >= 0.3 is 0 Å². The number of carbonyl (C=O) groups excluding carboxylic acids is 1. The zero-order valence-corrected chi connectivity index (χ0v) is 12.9. The number of methoxy groups -OCH3 is 1. The van der Waals surface area contributed by atoms with E-state index in [9.17, 15) is 4.79 Å². The van der Waals surface area contributed by atoms with Gasteiger partial charge in [0.05, 0.1) is 7.11 Å². The van der Waals surface area contributed by atoms with Crippen LogP contribution in [-0.4, -0.2) is 13.4 Å². The van der Waals surface area contributed by atoms with Gasteiger partial charge < -0.3 is 9.47 Å². The summed E-state index contributed by atoms with van der Waals surface area (Å²) in [6.07, 6.45) is 0.824. The van der Waals surface area contributed by atoms with Crippen molar-refractivity contribution in [2.45, 2.75) is 13.5 Å². The maximum atomic E-state index is 10.8. The third-order valence-electron chi connectivity index (χ3n) is 2.97. The Hall–Kier alpha value is -1.81. The van der Waals surface area contributed by atoms with Crippen LogP contribution in [0.25, 0.3) is 0 Å². The summed E-state index contributed by atoms with van der Waals surface area (Å²) in [6, 6.07) is 11.4. The van der Waals surface area contributed by atoms with Gasteiger partial charge in [-0.1, -0.05) is 12.1 Å². The van der Waals surface area contributed by atoms with Gasteiger partial charge in [-0.15, -0.1) is 0 Å². The number of aldehydes is 1. The van der Waals surface area contributed by atoms with Crippen LogP contribution >= 0.6 is 15.9 Å². The highest BCUT2D eigenvalue weighted by Crippen LogP contribution is 2.27. The van der Waals surface area contributed by atoms with Crippen LogP contribution in [0.1, 0.15) is 21.5 Å². The molecule has 0 saturated heterocycles. The van der Waals surface area contributed by atoms with E-state index in [1.54, 1.807) is 13.2 Å². The number of rotatable bonds is 5. The van der Waals surface area contributed by atoms with Gasteiger partial charge in [0.15, 0.2) is 6.29 Å². The van der Waals surface area contributed by atoms with E-state index >= 15 is 0 Å². The number of benzene rings is 2. The van der Waals surface area contributed by atoms with Gasteiger partial charge in [0, 0.05) is 10.0 Å². The van der Waals surface area contributed by atoms with E-state index in [-0.39, 0.29) is 0 Å². The van der Waals surface area contributed by atoms with Gasteiger partial charge in [0.25, 0.3) is 0 Å². The van der Waals surface area contributed by atoms with Gasteiger partial charge in [0.2, 0.25) is 0 Å². The van der Waals surface area contributed by atoms with E-state index in [0.717, 1.165) is 33.4 Å². The van der Waals surface area contributed by atoms with E-state index in [1.165, 1.54) is 0 Å². The van der Waals surface area contributed by atoms with Crippen molar-refractivity contribution in [3.05, 3.63) is 57.6 Å². The van der Waals surface area contributed by atoms with E-state index < -0.39 is 0 Å².